The Hall–Kier alpha value is -1.44. The van der Waals surface area contributed by atoms with Gasteiger partial charge >= 0.3 is 0 Å². The van der Waals surface area contributed by atoms with Crippen LogP contribution >= 0.6 is 0 Å². The van der Waals surface area contributed by atoms with E-state index in [9.17, 15) is 9.59 Å². The number of benzene rings is 2. The van der Waals surface area contributed by atoms with E-state index in [4.69, 9.17) is 0 Å². The standard InChI is InChI=1S/C12H7O2.2C5H5.Fe/c13-8-12(14)11-6-5-9-3-1-2-4-10(9)7-11;2*1-2-4-5-3-1;/h1-7H;2*1-5H;/q-1;;;. The van der Waals surface area contributed by atoms with Crippen molar-refractivity contribution in [3.05, 3.63) is 112 Å². The van der Waals surface area contributed by atoms with Gasteiger partial charge in [0.1, 0.15) is 0 Å². The van der Waals surface area contributed by atoms with Crippen molar-refractivity contribution in [3.8, 4) is 0 Å². The molecule has 0 atom stereocenters. The molecule has 2 aromatic carbocycles. The van der Waals surface area contributed by atoms with Crippen LogP contribution in [0.1, 0.15) is 10.4 Å². The van der Waals surface area contributed by atoms with E-state index in [1.165, 1.54) is 6.29 Å². The zero-order valence-corrected chi connectivity index (χ0v) is 14.6. The minimum absolute atomic E-state index is 0. The maximum absolute atomic E-state index is 11.0. The molecule has 2 aliphatic carbocycles. The Kier molecular flexibility index (Phi) is 11.1. The minimum Gasteiger partial charge on any atom is -0.415 e. The summed E-state index contributed by atoms with van der Waals surface area (Å²) in [5.74, 6) is -0.601. The Morgan fingerprint density at radius 3 is 1.52 bits per heavy atom. The Bertz CT molecular complexity index is 618. The molecule has 0 unspecified atom stereocenters. The maximum atomic E-state index is 11.0. The first-order valence-corrected chi connectivity index (χ1v) is 7.56. The minimum atomic E-state index is -0.601. The quantitative estimate of drug-likeness (QED) is 0.345. The summed E-state index contributed by atoms with van der Waals surface area (Å²) in [7, 11) is 0. The molecule has 25 heavy (non-hydrogen) atoms. The molecule has 0 amide bonds. The summed E-state index contributed by atoms with van der Waals surface area (Å²) in [5, 5.41) is 2.00. The van der Waals surface area contributed by atoms with E-state index in [2.05, 4.69) is 0 Å². The summed E-state index contributed by atoms with van der Waals surface area (Å²) < 4.78 is 0. The second kappa shape index (κ2) is 12.9. The Balaban J connectivity index is 0.000000233. The second-order valence-electron chi connectivity index (χ2n) is 4.92. The van der Waals surface area contributed by atoms with Gasteiger partial charge in [0.05, 0.1) is 5.78 Å². The average molecular weight is 369 g/mol. The first kappa shape index (κ1) is 21.6. The molecule has 2 aliphatic rings. The van der Waals surface area contributed by atoms with E-state index in [-0.39, 0.29) is 17.1 Å². The third-order valence-electron chi connectivity index (χ3n) is 3.22. The molecule has 0 spiro atoms. The molecule has 10 radical (unpaired) electrons. The number of hydrogen-bond donors (Lipinski definition) is 0. The molecule has 0 saturated heterocycles. The van der Waals surface area contributed by atoms with Crippen LogP contribution in [0.3, 0.4) is 0 Å². The number of hydrogen-bond acceptors (Lipinski definition) is 2. The first-order valence-electron chi connectivity index (χ1n) is 7.56. The molecule has 0 N–H and O–H groups in total. The van der Waals surface area contributed by atoms with Crippen molar-refractivity contribution in [2.75, 3.05) is 0 Å². The fraction of sp³-hybridized carbons (Fsp3) is 0. The van der Waals surface area contributed by atoms with Gasteiger partial charge in [-0.25, -0.2) is 0 Å². The molecule has 0 aromatic heterocycles. The second-order valence-corrected chi connectivity index (χ2v) is 4.92. The monoisotopic (exact) mass is 369 g/mol. The molecule has 3 heteroatoms. The predicted molar refractivity (Wildman–Crippen MR) is 97.0 cm³/mol. The van der Waals surface area contributed by atoms with Gasteiger partial charge in [0.25, 0.3) is 0 Å². The summed E-state index contributed by atoms with van der Waals surface area (Å²) in [5.41, 5.74) is 0.388. The van der Waals surface area contributed by atoms with Crippen LogP contribution in [0.5, 0.6) is 0 Å². The molecule has 2 saturated carbocycles. The number of carbonyl (C=O) groups excluding carboxylic acids is 2. The van der Waals surface area contributed by atoms with Gasteiger partial charge in [-0.2, -0.15) is 0 Å². The molecule has 0 aliphatic heterocycles. The summed E-state index contributed by atoms with van der Waals surface area (Å²) in [4.78, 5) is 21.2. The van der Waals surface area contributed by atoms with Crippen molar-refractivity contribution in [2.45, 2.75) is 0 Å². The summed E-state index contributed by atoms with van der Waals surface area (Å²) in [6.45, 7) is 0. The molecular weight excluding hydrogens is 352 g/mol. The molecular formula is C22H17FeO2-. The van der Waals surface area contributed by atoms with Crippen molar-refractivity contribution in [1.82, 2.24) is 0 Å². The molecule has 2 nitrogen and oxygen atoms in total. The molecule has 2 fully saturated rings. The van der Waals surface area contributed by atoms with Gasteiger partial charge < -0.3 is 9.59 Å². The number of ketones is 1. The van der Waals surface area contributed by atoms with Crippen LogP contribution in [0.2, 0.25) is 0 Å². The average Bonchev–Trinajstić information content (AvgIpc) is 3.39. The van der Waals surface area contributed by atoms with Gasteiger partial charge in [0.15, 0.2) is 0 Å². The number of Topliss-reactive ketones (excluding diaryl/α,β-unsaturated/α-hetero) is 1. The van der Waals surface area contributed by atoms with Crippen molar-refractivity contribution in [2.24, 2.45) is 0 Å². The van der Waals surface area contributed by atoms with Gasteiger partial charge in [0.2, 0.25) is 0 Å². The third kappa shape index (κ3) is 7.98. The van der Waals surface area contributed by atoms with Crippen molar-refractivity contribution in [1.29, 1.82) is 0 Å². The normalized spacial score (nSPS) is 15.2. The summed E-state index contributed by atoms with van der Waals surface area (Å²) in [6, 6.07) is 12.8. The van der Waals surface area contributed by atoms with Gasteiger partial charge in [-0.3, -0.25) is 0 Å². The number of rotatable bonds is 2. The first-order chi connectivity index (χ1) is 11.8. The largest absolute Gasteiger partial charge is 0.415 e. The van der Waals surface area contributed by atoms with Crippen LogP contribution in [0, 0.1) is 64.2 Å². The molecule has 0 heterocycles. The van der Waals surface area contributed by atoms with Gasteiger partial charge in [-0.05, 0) is 75.0 Å². The Labute approximate surface area is 161 Å². The zero-order chi connectivity index (χ0) is 17.0. The third-order valence-corrected chi connectivity index (χ3v) is 3.22. The SMILES string of the molecule is O=[C-]C(=O)c1ccc2ccccc2c1.[CH]1[CH][CH][CH][CH]1.[CH]1[CH][CH][CH][CH]1.[Fe]. The molecule has 126 valence electrons. The summed E-state index contributed by atoms with van der Waals surface area (Å²) in [6.07, 6.45) is 21.4. The molecule has 2 aromatic rings. The molecule has 0 bridgehead atoms. The van der Waals surface area contributed by atoms with Crippen LogP contribution in [0.25, 0.3) is 10.8 Å². The maximum Gasteiger partial charge on any atom is 0.0586 e. The van der Waals surface area contributed by atoms with Crippen molar-refractivity contribution >= 4 is 22.8 Å². The fourth-order valence-electron chi connectivity index (χ4n) is 2.03. The Morgan fingerprint density at radius 1 is 0.640 bits per heavy atom. The van der Waals surface area contributed by atoms with Gasteiger partial charge in [-0.15, -0.1) is 17.7 Å². The van der Waals surface area contributed by atoms with Crippen LogP contribution in [0.15, 0.2) is 42.5 Å². The van der Waals surface area contributed by atoms with Crippen LogP contribution in [-0.4, -0.2) is 12.1 Å². The topological polar surface area (TPSA) is 34.1 Å². The van der Waals surface area contributed by atoms with Crippen LogP contribution < -0.4 is 0 Å². The predicted octanol–water partition coefficient (Wildman–Crippen LogP) is 4.17. The van der Waals surface area contributed by atoms with Crippen LogP contribution in [0.4, 0.5) is 0 Å². The van der Waals surface area contributed by atoms with E-state index in [1.807, 2.05) is 94.5 Å². The number of fused-ring (bicyclic) bond motifs is 1. The van der Waals surface area contributed by atoms with Gasteiger partial charge in [-0.1, -0.05) is 30.3 Å². The number of carbonyl (C=O) groups is 1. The van der Waals surface area contributed by atoms with E-state index in [0.717, 1.165) is 10.8 Å². The van der Waals surface area contributed by atoms with E-state index in [0.29, 0.717) is 5.56 Å². The van der Waals surface area contributed by atoms with E-state index < -0.39 is 5.78 Å². The van der Waals surface area contributed by atoms with E-state index >= 15 is 0 Å². The van der Waals surface area contributed by atoms with Crippen LogP contribution in [-0.2, 0) is 21.9 Å². The van der Waals surface area contributed by atoms with E-state index in [1.54, 1.807) is 12.1 Å². The smallest absolute Gasteiger partial charge is 0.0586 e. The fourth-order valence-corrected chi connectivity index (χ4v) is 2.03. The van der Waals surface area contributed by atoms with Crippen molar-refractivity contribution in [3.63, 3.8) is 0 Å². The van der Waals surface area contributed by atoms with Crippen molar-refractivity contribution < 1.29 is 26.7 Å². The summed E-state index contributed by atoms with van der Waals surface area (Å²) >= 11 is 0. The zero-order valence-electron chi connectivity index (χ0n) is 13.5. The Morgan fingerprint density at radius 2 is 1.08 bits per heavy atom. The van der Waals surface area contributed by atoms with Gasteiger partial charge in [0, 0.05) is 23.4 Å². The molecule has 4 rings (SSSR count).